The van der Waals surface area contributed by atoms with Gasteiger partial charge in [-0.05, 0) is 61.7 Å². The molecule has 1 atom stereocenters. The van der Waals surface area contributed by atoms with Crippen LogP contribution in [0.5, 0.6) is 0 Å². The molecular weight excluding hydrogens is 352 g/mol. The molecule has 0 bridgehead atoms. The van der Waals surface area contributed by atoms with E-state index >= 15 is 0 Å². The molecule has 0 radical (unpaired) electrons. The fourth-order valence-electron chi connectivity index (χ4n) is 3.14. The molecule has 2 aromatic rings. The first-order valence-electron chi connectivity index (χ1n) is 8.68. The third-order valence-corrected chi connectivity index (χ3v) is 4.67. The van der Waals surface area contributed by atoms with Crippen molar-refractivity contribution < 1.29 is 14.3 Å². The number of carbonyl (C=O) groups excluding carboxylic acids is 2. The lowest BCUT2D eigenvalue weighted by atomic mass is 10.1. The summed E-state index contributed by atoms with van der Waals surface area (Å²) in [7, 11) is 0. The second kappa shape index (κ2) is 8.23. The van der Waals surface area contributed by atoms with Crippen molar-refractivity contribution in [1.29, 1.82) is 0 Å². The maximum Gasteiger partial charge on any atom is 0.338 e. The van der Waals surface area contributed by atoms with Crippen molar-refractivity contribution in [1.82, 2.24) is 4.90 Å². The zero-order valence-corrected chi connectivity index (χ0v) is 15.3. The standard InChI is InChI=1S/C20H21ClN2O3/c1-2-26-19(24)15-7-11-17(12-8-15)22-20(25)23-13-3-4-18(23)14-5-9-16(21)10-6-14/h5-12,18H,2-4,13H2,1H3,(H,22,25)/t18-/m0/s1. The number of likely N-dealkylation sites (tertiary alicyclic amines) is 1. The first-order valence-corrected chi connectivity index (χ1v) is 9.06. The van der Waals surface area contributed by atoms with Gasteiger partial charge in [0, 0.05) is 17.3 Å². The number of amides is 2. The average molecular weight is 373 g/mol. The number of ether oxygens (including phenoxy) is 1. The highest BCUT2D eigenvalue weighted by atomic mass is 35.5. The molecular formula is C20H21ClN2O3. The molecule has 0 saturated carbocycles. The monoisotopic (exact) mass is 372 g/mol. The van der Waals surface area contributed by atoms with E-state index in [1.165, 1.54) is 0 Å². The number of anilines is 1. The van der Waals surface area contributed by atoms with Gasteiger partial charge in [0.05, 0.1) is 18.2 Å². The molecule has 0 aliphatic carbocycles. The van der Waals surface area contributed by atoms with E-state index in [0.717, 1.165) is 18.4 Å². The first kappa shape index (κ1) is 18.3. The molecule has 0 unspecified atom stereocenters. The predicted molar refractivity (Wildman–Crippen MR) is 102 cm³/mol. The van der Waals surface area contributed by atoms with Gasteiger partial charge in [-0.15, -0.1) is 0 Å². The number of carbonyl (C=O) groups is 2. The van der Waals surface area contributed by atoms with Gasteiger partial charge in [0.25, 0.3) is 0 Å². The number of hydrogen-bond acceptors (Lipinski definition) is 3. The van der Waals surface area contributed by atoms with E-state index in [1.807, 2.05) is 29.2 Å². The van der Waals surface area contributed by atoms with E-state index in [0.29, 0.717) is 29.4 Å². The van der Waals surface area contributed by atoms with Crippen LogP contribution in [-0.4, -0.2) is 30.1 Å². The predicted octanol–water partition coefficient (Wildman–Crippen LogP) is 4.89. The second-order valence-electron chi connectivity index (χ2n) is 6.13. The number of hydrogen-bond donors (Lipinski definition) is 1. The molecule has 136 valence electrons. The van der Waals surface area contributed by atoms with Gasteiger partial charge in [0.2, 0.25) is 0 Å². The largest absolute Gasteiger partial charge is 0.462 e. The van der Waals surface area contributed by atoms with Crippen molar-refractivity contribution in [2.45, 2.75) is 25.8 Å². The van der Waals surface area contributed by atoms with Crippen LogP contribution < -0.4 is 5.32 Å². The van der Waals surface area contributed by atoms with Gasteiger partial charge in [-0.25, -0.2) is 9.59 Å². The highest BCUT2D eigenvalue weighted by molar-refractivity contribution is 6.30. The molecule has 5 nitrogen and oxygen atoms in total. The fraction of sp³-hybridized carbons (Fsp3) is 0.300. The van der Waals surface area contributed by atoms with E-state index in [1.54, 1.807) is 31.2 Å². The van der Waals surface area contributed by atoms with Crippen molar-refractivity contribution in [3.63, 3.8) is 0 Å². The van der Waals surface area contributed by atoms with Crippen LogP contribution in [0.2, 0.25) is 5.02 Å². The van der Waals surface area contributed by atoms with Gasteiger partial charge in [-0.1, -0.05) is 23.7 Å². The maximum absolute atomic E-state index is 12.7. The molecule has 6 heteroatoms. The number of rotatable bonds is 4. The SMILES string of the molecule is CCOC(=O)c1ccc(NC(=O)N2CCC[C@H]2c2ccc(Cl)cc2)cc1. The van der Waals surface area contributed by atoms with Gasteiger partial charge in [0.1, 0.15) is 0 Å². The van der Waals surface area contributed by atoms with Crippen LogP contribution in [0, 0.1) is 0 Å². The summed E-state index contributed by atoms with van der Waals surface area (Å²) in [5.41, 5.74) is 2.19. The highest BCUT2D eigenvalue weighted by Gasteiger charge is 2.30. The Morgan fingerprint density at radius 2 is 1.85 bits per heavy atom. The Balaban J connectivity index is 1.67. The van der Waals surface area contributed by atoms with Gasteiger partial charge < -0.3 is 15.0 Å². The minimum atomic E-state index is -0.368. The Labute approximate surface area is 157 Å². The number of esters is 1. The van der Waals surface area contributed by atoms with Gasteiger partial charge in [0.15, 0.2) is 0 Å². The quantitative estimate of drug-likeness (QED) is 0.777. The number of nitrogens with one attached hydrogen (secondary N) is 1. The average Bonchev–Trinajstić information content (AvgIpc) is 3.13. The fourth-order valence-corrected chi connectivity index (χ4v) is 3.27. The minimum absolute atomic E-state index is 0.0473. The zero-order valence-electron chi connectivity index (χ0n) is 14.6. The third kappa shape index (κ3) is 4.17. The summed E-state index contributed by atoms with van der Waals surface area (Å²) >= 11 is 5.95. The van der Waals surface area contributed by atoms with Crippen LogP contribution >= 0.6 is 11.6 Å². The Hall–Kier alpha value is -2.53. The van der Waals surface area contributed by atoms with Gasteiger partial charge in [-0.2, -0.15) is 0 Å². The summed E-state index contributed by atoms with van der Waals surface area (Å²) in [6, 6.07) is 14.2. The molecule has 1 N–H and O–H groups in total. The lowest BCUT2D eigenvalue weighted by Crippen LogP contribution is -2.34. The summed E-state index contributed by atoms with van der Waals surface area (Å²) in [6.45, 7) is 2.80. The van der Waals surface area contributed by atoms with Gasteiger partial charge in [-0.3, -0.25) is 0 Å². The lowest BCUT2D eigenvalue weighted by molar-refractivity contribution is 0.0526. The van der Waals surface area contributed by atoms with E-state index in [2.05, 4.69) is 5.32 Å². The molecule has 2 aromatic carbocycles. The molecule has 1 heterocycles. The lowest BCUT2D eigenvalue weighted by Gasteiger charge is -2.25. The van der Waals surface area contributed by atoms with Crippen molar-refractivity contribution in [3.05, 3.63) is 64.7 Å². The normalized spacial score (nSPS) is 16.4. The van der Waals surface area contributed by atoms with Gasteiger partial charge >= 0.3 is 12.0 Å². The van der Waals surface area contributed by atoms with Crippen LogP contribution in [0.3, 0.4) is 0 Å². The molecule has 2 amide bonds. The van der Waals surface area contributed by atoms with Crippen molar-refractivity contribution in [3.8, 4) is 0 Å². The Morgan fingerprint density at radius 1 is 1.15 bits per heavy atom. The van der Waals surface area contributed by atoms with Crippen molar-refractivity contribution in [2.75, 3.05) is 18.5 Å². The number of nitrogens with zero attached hydrogens (tertiary/aromatic N) is 1. The molecule has 1 aliphatic heterocycles. The van der Waals surface area contributed by atoms with E-state index in [-0.39, 0.29) is 18.0 Å². The smallest absolute Gasteiger partial charge is 0.338 e. The highest BCUT2D eigenvalue weighted by Crippen LogP contribution is 2.33. The summed E-state index contributed by atoms with van der Waals surface area (Å²) in [4.78, 5) is 26.2. The number of urea groups is 1. The molecule has 1 aliphatic rings. The Morgan fingerprint density at radius 3 is 2.50 bits per heavy atom. The van der Waals surface area contributed by atoms with Crippen LogP contribution in [0.1, 0.15) is 41.7 Å². The van der Waals surface area contributed by atoms with Crippen LogP contribution in [-0.2, 0) is 4.74 Å². The first-order chi connectivity index (χ1) is 12.6. The van der Waals surface area contributed by atoms with Crippen molar-refractivity contribution >= 4 is 29.3 Å². The van der Waals surface area contributed by atoms with Crippen LogP contribution in [0.25, 0.3) is 0 Å². The topological polar surface area (TPSA) is 58.6 Å². The van der Waals surface area contributed by atoms with Crippen LogP contribution in [0.15, 0.2) is 48.5 Å². The summed E-state index contributed by atoms with van der Waals surface area (Å²) in [5, 5.41) is 3.59. The number of halogens is 1. The molecule has 26 heavy (non-hydrogen) atoms. The minimum Gasteiger partial charge on any atom is -0.462 e. The maximum atomic E-state index is 12.7. The van der Waals surface area contributed by atoms with E-state index < -0.39 is 0 Å². The molecule has 1 saturated heterocycles. The molecule has 0 aromatic heterocycles. The van der Waals surface area contributed by atoms with E-state index in [4.69, 9.17) is 16.3 Å². The third-order valence-electron chi connectivity index (χ3n) is 4.42. The zero-order chi connectivity index (χ0) is 18.5. The summed E-state index contributed by atoms with van der Waals surface area (Å²) in [6.07, 6.45) is 1.89. The Bertz CT molecular complexity index is 775. The van der Waals surface area contributed by atoms with E-state index in [9.17, 15) is 9.59 Å². The molecule has 1 fully saturated rings. The molecule has 3 rings (SSSR count). The summed E-state index contributed by atoms with van der Waals surface area (Å²) < 4.78 is 4.96. The summed E-state index contributed by atoms with van der Waals surface area (Å²) in [5.74, 6) is -0.368. The second-order valence-corrected chi connectivity index (χ2v) is 6.57. The number of benzene rings is 2. The van der Waals surface area contributed by atoms with Crippen LogP contribution in [0.4, 0.5) is 10.5 Å². The van der Waals surface area contributed by atoms with Crippen molar-refractivity contribution in [2.24, 2.45) is 0 Å². The Kier molecular flexibility index (Phi) is 5.78. The molecule has 0 spiro atoms.